The summed E-state index contributed by atoms with van der Waals surface area (Å²) >= 11 is 0. The number of nitrogens with zero attached hydrogens (tertiary/aromatic N) is 2. The molecule has 0 N–H and O–H groups in total. The van der Waals surface area contributed by atoms with E-state index in [0.29, 0.717) is 23.6 Å². The van der Waals surface area contributed by atoms with Crippen molar-refractivity contribution in [1.82, 2.24) is 0 Å². The van der Waals surface area contributed by atoms with Gasteiger partial charge < -0.3 is 9.47 Å². The summed E-state index contributed by atoms with van der Waals surface area (Å²) in [6, 6.07) is 9.68. The van der Waals surface area contributed by atoms with Crippen molar-refractivity contribution in [2.45, 2.75) is 6.42 Å². The van der Waals surface area contributed by atoms with Gasteiger partial charge in [-0.25, -0.2) is 0 Å². The molecule has 0 aliphatic heterocycles. The number of benzene rings is 2. The third-order valence-electron chi connectivity index (χ3n) is 3.46. The molecule has 0 atom stereocenters. The topological polar surface area (TPSA) is 74.0 Å². The zero-order valence-electron chi connectivity index (χ0n) is 14.3. The molecular formula is C20H18N2O4. The summed E-state index contributed by atoms with van der Waals surface area (Å²) in [7, 11) is 1.55. The van der Waals surface area contributed by atoms with Crippen LogP contribution in [0.1, 0.15) is 11.1 Å². The van der Waals surface area contributed by atoms with Gasteiger partial charge in [-0.15, -0.1) is 13.0 Å². The van der Waals surface area contributed by atoms with E-state index in [1.807, 2.05) is 6.07 Å². The molecule has 2 aromatic carbocycles. The van der Waals surface area contributed by atoms with Crippen LogP contribution in [0, 0.1) is 22.5 Å². The Bertz CT molecular complexity index is 865. The van der Waals surface area contributed by atoms with E-state index >= 15 is 0 Å². The summed E-state index contributed by atoms with van der Waals surface area (Å²) in [5.74, 6) is 3.56. The largest absolute Gasteiger partial charge is 0.493 e. The SMILES string of the molecule is C#CCOc1c(CC=C)cc(C=Nc2ccc([N+](=O)[O-])cc2)cc1OC. The highest BCUT2D eigenvalue weighted by Crippen LogP contribution is 2.33. The summed E-state index contributed by atoms with van der Waals surface area (Å²) < 4.78 is 11.0. The van der Waals surface area contributed by atoms with Crippen molar-refractivity contribution in [2.24, 2.45) is 4.99 Å². The molecule has 2 rings (SSSR count). The van der Waals surface area contributed by atoms with Gasteiger partial charge in [0.2, 0.25) is 0 Å². The lowest BCUT2D eigenvalue weighted by molar-refractivity contribution is -0.384. The Morgan fingerprint density at radius 3 is 2.65 bits per heavy atom. The first-order valence-corrected chi connectivity index (χ1v) is 7.75. The molecule has 0 unspecified atom stereocenters. The van der Waals surface area contributed by atoms with Crippen molar-refractivity contribution >= 4 is 17.6 Å². The molecule has 0 spiro atoms. The predicted molar refractivity (Wildman–Crippen MR) is 102 cm³/mol. The van der Waals surface area contributed by atoms with Gasteiger partial charge in [-0.1, -0.05) is 12.0 Å². The van der Waals surface area contributed by atoms with Crippen LogP contribution in [0.2, 0.25) is 0 Å². The normalized spacial score (nSPS) is 10.3. The zero-order valence-corrected chi connectivity index (χ0v) is 14.3. The summed E-state index contributed by atoms with van der Waals surface area (Å²) in [5, 5.41) is 10.7. The number of methoxy groups -OCH3 is 1. The van der Waals surface area contributed by atoms with Crippen molar-refractivity contribution < 1.29 is 14.4 Å². The van der Waals surface area contributed by atoms with Crippen molar-refractivity contribution in [3.8, 4) is 23.8 Å². The lowest BCUT2D eigenvalue weighted by atomic mass is 10.1. The number of allylic oxidation sites excluding steroid dienone is 1. The average Bonchev–Trinajstić information content (AvgIpc) is 2.65. The van der Waals surface area contributed by atoms with E-state index in [-0.39, 0.29) is 12.3 Å². The minimum atomic E-state index is -0.450. The van der Waals surface area contributed by atoms with Gasteiger partial charge in [0.1, 0.15) is 6.61 Å². The van der Waals surface area contributed by atoms with Gasteiger partial charge in [-0.05, 0) is 36.2 Å². The maximum atomic E-state index is 10.7. The highest BCUT2D eigenvalue weighted by atomic mass is 16.6. The Hall–Kier alpha value is -3.59. The maximum absolute atomic E-state index is 10.7. The molecule has 0 fully saturated rings. The fourth-order valence-corrected chi connectivity index (χ4v) is 2.30. The van der Waals surface area contributed by atoms with Crippen molar-refractivity contribution in [3.05, 3.63) is 70.3 Å². The van der Waals surface area contributed by atoms with Crippen LogP contribution in [0.5, 0.6) is 11.5 Å². The monoisotopic (exact) mass is 350 g/mol. The van der Waals surface area contributed by atoms with E-state index in [4.69, 9.17) is 15.9 Å². The highest BCUT2D eigenvalue weighted by Gasteiger charge is 2.12. The molecule has 0 aliphatic rings. The minimum Gasteiger partial charge on any atom is -0.493 e. The molecule has 0 radical (unpaired) electrons. The van der Waals surface area contributed by atoms with Crippen LogP contribution in [0.4, 0.5) is 11.4 Å². The van der Waals surface area contributed by atoms with Crippen molar-refractivity contribution in [3.63, 3.8) is 0 Å². The van der Waals surface area contributed by atoms with Gasteiger partial charge in [0.25, 0.3) is 5.69 Å². The fourth-order valence-electron chi connectivity index (χ4n) is 2.30. The van der Waals surface area contributed by atoms with Crippen molar-refractivity contribution in [2.75, 3.05) is 13.7 Å². The van der Waals surface area contributed by atoms with E-state index in [2.05, 4.69) is 17.5 Å². The summed E-state index contributed by atoms with van der Waals surface area (Å²) in [6.45, 7) is 3.89. The maximum Gasteiger partial charge on any atom is 0.269 e. The van der Waals surface area contributed by atoms with E-state index < -0.39 is 4.92 Å². The van der Waals surface area contributed by atoms with Crippen LogP contribution in [0.25, 0.3) is 0 Å². The number of aliphatic imine (C=N–C) groups is 1. The smallest absolute Gasteiger partial charge is 0.269 e. The molecule has 0 bridgehead atoms. The number of hydrogen-bond acceptors (Lipinski definition) is 5. The number of non-ortho nitro benzene ring substituents is 1. The second-order valence-electron chi connectivity index (χ2n) is 5.23. The summed E-state index contributed by atoms with van der Waals surface area (Å²) in [5.41, 5.74) is 2.30. The van der Waals surface area contributed by atoms with Crippen LogP contribution >= 0.6 is 0 Å². The Morgan fingerprint density at radius 2 is 2.08 bits per heavy atom. The van der Waals surface area contributed by atoms with E-state index in [1.165, 1.54) is 12.1 Å². The second-order valence-corrected chi connectivity index (χ2v) is 5.23. The number of rotatable bonds is 8. The minimum absolute atomic E-state index is 0.0221. The zero-order chi connectivity index (χ0) is 18.9. The second kappa shape index (κ2) is 9.04. The lowest BCUT2D eigenvalue weighted by Crippen LogP contribution is -2.02. The van der Waals surface area contributed by atoms with Crippen LogP contribution in [-0.4, -0.2) is 24.9 Å². The van der Waals surface area contributed by atoms with Crippen LogP contribution < -0.4 is 9.47 Å². The number of nitro groups is 1. The first-order valence-electron chi connectivity index (χ1n) is 7.75. The molecule has 0 amide bonds. The summed E-state index contributed by atoms with van der Waals surface area (Å²) in [6.07, 6.45) is 9.26. The molecule has 2 aromatic rings. The molecule has 26 heavy (non-hydrogen) atoms. The van der Waals surface area contributed by atoms with Crippen molar-refractivity contribution in [1.29, 1.82) is 0 Å². The van der Waals surface area contributed by atoms with Gasteiger partial charge in [0, 0.05) is 23.9 Å². The molecule has 0 heterocycles. The van der Waals surface area contributed by atoms with E-state index in [9.17, 15) is 10.1 Å². The Kier molecular flexibility index (Phi) is 6.52. The first-order chi connectivity index (χ1) is 12.6. The van der Waals surface area contributed by atoms with Gasteiger partial charge in [0.05, 0.1) is 17.7 Å². The molecule has 0 aromatic heterocycles. The molecule has 6 heteroatoms. The third kappa shape index (κ3) is 4.71. The number of ether oxygens (including phenoxy) is 2. The molecule has 0 saturated carbocycles. The predicted octanol–water partition coefficient (Wildman–Crippen LogP) is 4.09. The Balaban J connectivity index is 2.33. The lowest BCUT2D eigenvalue weighted by Gasteiger charge is -2.14. The third-order valence-corrected chi connectivity index (χ3v) is 3.46. The van der Waals surface area contributed by atoms with E-state index in [1.54, 1.807) is 37.6 Å². The van der Waals surface area contributed by atoms with Gasteiger partial charge in [-0.3, -0.25) is 15.1 Å². The van der Waals surface area contributed by atoms with Gasteiger partial charge in [0.15, 0.2) is 11.5 Å². The number of terminal acetylenes is 1. The average molecular weight is 350 g/mol. The van der Waals surface area contributed by atoms with E-state index in [0.717, 1.165) is 11.1 Å². The number of hydrogen-bond donors (Lipinski definition) is 0. The number of nitro benzene ring substituents is 1. The molecule has 132 valence electrons. The van der Waals surface area contributed by atoms with Gasteiger partial charge in [-0.2, -0.15) is 0 Å². The molecule has 0 saturated heterocycles. The highest BCUT2D eigenvalue weighted by molar-refractivity contribution is 5.84. The van der Waals surface area contributed by atoms with Crippen LogP contribution in [0.15, 0.2) is 54.0 Å². The van der Waals surface area contributed by atoms with Crippen LogP contribution in [0.3, 0.4) is 0 Å². The van der Waals surface area contributed by atoms with Crippen LogP contribution in [-0.2, 0) is 6.42 Å². The molecule has 0 aliphatic carbocycles. The molecular weight excluding hydrogens is 332 g/mol. The Labute approximate surface area is 151 Å². The fraction of sp³-hybridized carbons (Fsp3) is 0.150. The van der Waals surface area contributed by atoms with Gasteiger partial charge >= 0.3 is 0 Å². The quantitative estimate of drug-likeness (QED) is 0.236. The first kappa shape index (κ1) is 18.7. The summed E-state index contributed by atoms with van der Waals surface area (Å²) in [4.78, 5) is 14.6. The standard InChI is InChI=1S/C20H18N2O4/c1-4-6-16-12-15(13-19(25-3)20(16)26-11-5-2)14-21-17-7-9-18(10-8-17)22(23)24/h2,4,7-10,12-14H,1,6,11H2,3H3. The Morgan fingerprint density at radius 1 is 1.35 bits per heavy atom. The molecule has 6 nitrogen and oxygen atoms in total.